The molecule has 1 heterocycles. The van der Waals surface area contributed by atoms with Gasteiger partial charge in [0.1, 0.15) is 0 Å². The number of aromatic nitrogens is 1. The molecule has 0 atom stereocenters. The maximum atomic E-state index is 2.76. The van der Waals surface area contributed by atoms with E-state index < -0.39 is 8.24 Å². The molecule has 0 bridgehead atoms. The van der Waals surface area contributed by atoms with Crippen molar-refractivity contribution in [3.63, 3.8) is 0 Å². The molecule has 1 aromatic heterocycles. The fourth-order valence-corrected chi connectivity index (χ4v) is 11.6. The lowest BCUT2D eigenvalue weighted by Gasteiger charge is -2.44. The molecule has 0 amide bonds. The van der Waals surface area contributed by atoms with Crippen molar-refractivity contribution < 1.29 is 0 Å². The molecule has 0 aliphatic rings. The molecule has 0 unspecified atom stereocenters. The standard InChI is InChI=1S/C21H36N2Si/c1-16(2)24(17(3)4,18(5)6)23-15-19(13-14-22(7)8)20-11-9-10-12-21(20)23/h9-12,15-18H,13-14H2,1-8H3. The second kappa shape index (κ2) is 7.45. The second-order valence-corrected chi connectivity index (χ2v) is 14.2. The van der Waals surface area contributed by atoms with E-state index in [0.29, 0.717) is 0 Å². The first-order chi connectivity index (χ1) is 11.2. The molecule has 0 spiro atoms. The van der Waals surface area contributed by atoms with Crippen molar-refractivity contribution in [1.29, 1.82) is 0 Å². The summed E-state index contributed by atoms with van der Waals surface area (Å²) in [5, 5.41) is 1.46. The Morgan fingerprint density at radius 2 is 1.46 bits per heavy atom. The molecule has 0 aliphatic heterocycles. The smallest absolute Gasteiger partial charge is 0.169 e. The zero-order valence-electron chi connectivity index (χ0n) is 16.9. The maximum absolute atomic E-state index is 2.76. The van der Waals surface area contributed by atoms with Gasteiger partial charge in [0, 0.05) is 17.4 Å². The van der Waals surface area contributed by atoms with Crippen LogP contribution in [-0.2, 0) is 6.42 Å². The molecule has 0 N–H and O–H groups in total. The van der Waals surface area contributed by atoms with Gasteiger partial charge in [0.05, 0.1) is 0 Å². The summed E-state index contributed by atoms with van der Waals surface area (Å²) in [4.78, 5) is 2.28. The molecule has 2 rings (SSSR count). The number of rotatable bonds is 7. The fraction of sp³-hybridized carbons (Fsp3) is 0.619. The maximum Gasteiger partial charge on any atom is 0.169 e. The van der Waals surface area contributed by atoms with Gasteiger partial charge in [0.25, 0.3) is 0 Å². The lowest BCUT2D eigenvalue weighted by molar-refractivity contribution is 0.414. The van der Waals surface area contributed by atoms with E-state index in [1.165, 1.54) is 16.5 Å². The predicted molar refractivity (Wildman–Crippen MR) is 111 cm³/mol. The van der Waals surface area contributed by atoms with E-state index in [2.05, 4.69) is 95.2 Å². The zero-order chi connectivity index (χ0) is 18.1. The Kier molecular flexibility index (Phi) is 5.98. The van der Waals surface area contributed by atoms with Gasteiger partial charge >= 0.3 is 0 Å². The summed E-state index contributed by atoms with van der Waals surface area (Å²) < 4.78 is 2.76. The van der Waals surface area contributed by atoms with Crippen molar-refractivity contribution in [2.75, 3.05) is 20.6 Å². The van der Waals surface area contributed by atoms with Crippen LogP contribution in [0.15, 0.2) is 30.5 Å². The number of benzene rings is 1. The van der Waals surface area contributed by atoms with E-state index in [1.807, 2.05) is 0 Å². The van der Waals surface area contributed by atoms with Gasteiger partial charge in [-0.05, 0) is 55.0 Å². The number of nitrogens with zero attached hydrogens (tertiary/aromatic N) is 2. The van der Waals surface area contributed by atoms with Gasteiger partial charge in [-0.25, -0.2) is 0 Å². The minimum atomic E-state index is -1.70. The molecule has 134 valence electrons. The van der Waals surface area contributed by atoms with Crippen molar-refractivity contribution in [1.82, 2.24) is 9.13 Å². The van der Waals surface area contributed by atoms with E-state index in [-0.39, 0.29) is 0 Å². The summed E-state index contributed by atoms with van der Waals surface area (Å²) in [7, 11) is 2.62. The van der Waals surface area contributed by atoms with Crippen LogP contribution in [0.2, 0.25) is 16.6 Å². The number of hydrogen-bond donors (Lipinski definition) is 0. The van der Waals surface area contributed by atoms with Crippen LogP contribution in [0.3, 0.4) is 0 Å². The van der Waals surface area contributed by atoms with Crippen LogP contribution in [0.5, 0.6) is 0 Å². The zero-order valence-corrected chi connectivity index (χ0v) is 17.9. The van der Waals surface area contributed by atoms with Crippen molar-refractivity contribution in [2.45, 2.75) is 64.6 Å². The third-order valence-corrected chi connectivity index (χ3v) is 12.6. The third-order valence-electron chi connectivity index (χ3n) is 5.81. The average molecular weight is 345 g/mol. The van der Waals surface area contributed by atoms with Gasteiger partial charge in [-0.2, -0.15) is 0 Å². The quantitative estimate of drug-likeness (QED) is 0.579. The first kappa shape index (κ1) is 19.3. The van der Waals surface area contributed by atoms with Crippen molar-refractivity contribution >= 4 is 19.1 Å². The Bertz CT molecular complexity index is 646. The highest BCUT2D eigenvalue weighted by Crippen LogP contribution is 2.44. The monoisotopic (exact) mass is 344 g/mol. The lowest BCUT2D eigenvalue weighted by Crippen LogP contribution is -2.51. The number of para-hydroxylation sites is 1. The van der Waals surface area contributed by atoms with E-state index >= 15 is 0 Å². The highest BCUT2D eigenvalue weighted by atomic mass is 28.3. The molecule has 1 aromatic carbocycles. The molecule has 24 heavy (non-hydrogen) atoms. The Morgan fingerprint density at radius 3 is 1.96 bits per heavy atom. The van der Waals surface area contributed by atoms with E-state index in [9.17, 15) is 0 Å². The predicted octanol–water partition coefficient (Wildman–Crippen LogP) is 5.77. The van der Waals surface area contributed by atoms with Crippen LogP contribution >= 0.6 is 0 Å². The molecule has 0 saturated carbocycles. The minimum Gasteiger partial charge on any atom is -0.373 e. The Hall–Kier alpha value is -1.06. The van der Waals surface area contributed by atoms with E-state index in [1.54, 1.807) is 0 Å². The summed E-state index contributed by atoms with van der Waals surface area (Å²) in [5.74, 6) is 0. The van der Waals surface area contributed by atoms with Gasteiger partial charge in [-0.15, -0.1) is 0 Å². The molecular weight excluding hydrogens is 308 g/mol. The molecular formula is C21H36N2Si. The summed E-state index contributed by atoms with van der Waals surface area (Å²) >= 11 is 0. The number of fused-ring (bicyclic) bond motifs is 1. The summed E-state index contributed by atoms with van der Waals surface area (Å²) in [5.41, 5.74) is 5.12. The minimum absolute atomic E-state index is 0.718. The molecule has 0 radical (unpaired) electrons. The van der Waals surface area contributed by atoms with Crippen molar-refractivity contribution in [3.05, 3.63) is 36.0 Å². The Morgan fingerprint density at radius 1 is 0.917 bits per heavy atom. The first-order valence-electron chi connectivity index (χ1n) is 9.47. The van der Waals surface area contributed by atoms with Crippen molar-refractivity contribution in [3.8, 4) is 0 Å². The molecule has 2 nitrogen and oxygen atoms in total. The van der Waals surface area contributed by atoms with Gasteiger partial charge in [0.2, 0.25) is 0 Å². The molecule has 3 heteroatoms. The molecule has 0 saturated heterocycles. The van der Waals surface area contributed by atoms with Gasteiger partial charge < -0.3 is 9.13 Å². The summed E-state index contributed by atoms with van der Waals surface area (Å²) in [6.45, 7) is 15.8. The summed E-state index contributed by atoms with van der Waals surface area (Å²) in [6, 6.07) is 9.05. The Labute approximate surface area is 149 Å². The van der Waals surface area contributed by atoms with Crippen LogP contribution in [0.1, 0.15) is 47.1 Å². The topological polar surface area (TPSA) is 8.17 Å². The third kappa shape index (κ3) is 3.21. The lowest BCUT2D eigenvalue weighted by atomic mass is 10.1. The molecule has 0 fully saturated rings. The SMILES string of the molecule is CC(C)[Si](C(C)C)(C(C)C)n1cc(CCN(C)C)c2ccccc21. The van der Waals surface area contributed by atoms with E-state index in [0.717, 1.165) is 29.6 Å². The highest BCUT2D eigenvalue weighted by Gasteiger charge is 2.45. The van der Waals surface area contributed by atoms with E-state index in [4.69, 9.17) is 0 Å². The van der Waals surface area contributed by atoms with Gasteiger partial charge in [-0.3, -0.25) is 0 Å². The molecule has 2 aromatic rings. The van der Waals surface area contributed by atoms with Crippen LogP contribution in [0, 0.1) is 0 Å². The van der Waals surface area contributed by atoms with Gasteiger partial charge in [0.15, 0.2) is 8.24 Å². The Balaban J connectivity index is 2.70. The first-order valence-corrected chi connectivity index (χ1v) is 11.6. The summed E-state index contributed by atoms with van der Waals surface area (Å²) in [6.07, 6.45) is 3.64. The van der Waals surface area contributed by atoms with Crippen LogP contribution in [-0.4, -0.2) is 38.0 Å². The van der Waals surface area contributed by atoms with Crippen LogP contribution in [0.25, 0.3) is 10.9 Å². The number of likely N-dealkylation sites (N-methyl/N-ethyl adjacent to an activating group) is 1. The molecule has 0 aliphatic carbocycles. The van der Waals surface area contributed by atoms with Crippen LogP contribution in [0.4, 0.5) is 0 Å². The second-order valence-electron chi connectivity index (χ2n) is 8.45. The largest absolute Gasteiger partial charge is 0.373 e. The van der Waals surface area contributed by atoms with Crippen molar-refractivity contribution in [2.24, 2.45) is 0 Å². The highest BCUT2D eigenvalue weighted by molar-refractivity contribution is 6.82. The van der Waals surface area contributed by atoms with Gasteiger partial charge in [-0.1, -0.05) is 59.7 Å². The normalized spacial score (nSPS) is 13.2. The average Bonchev–Trinajstić information content (AvgIpc) is 2.84. The fourth-order valence-electron chi connectivity index (χ4n) is 4.95. The van der Waals surface area contributed by atoms with Crippen LogP contribution < -0.4 is 0 Å². The number of hydrogen-bond acceptors (Lipinski definition) is 1.